The summed E-state index contributed by atoms with van der Waals surface area (Å²) < 4.78 is 24.0. The van der Waals surface area contributed by atoms with E-state index in [4.69, 9.17) is 18.9 Å². The van der Waals surface area contributed by atoms with Gasteiger partial charge in [0.05, 0.1) is 42.7 Å². The topological polar surface area (TPSA) is 121 Å². The predicted octanol–water partition coefficient (Wildman–Crippen LogP) is -0.758. The Morgan fingerprint density at radius 2 is 1.62 bits per heavy atom. The third-order valence-electron chi connectivity index (χ3n) is 11.6. The van der Waals surface area contributed by atoms with Crippen molar-refractivity contribution in [2.24, 2.45) is 34.5 Å². The molecular weight excluding hydrogens is 442 g/mol. The highest BCUT2D eigenvalue weighted by atomic mass is 16.5. The van der Waals surface area contributed by atoms with Crippen molar-refractivity contribution in [3.05, 3.63) is 0 Å². The number of likely N-dealkylation sites (tertiary alicyclic amines) is 1. The van der Waals surface area contributed by atoms with E-state index in [1.165, 1.54) is 0 Å². The van der Waals surface area contributed by atoms with Crippen LogP contribution in [0.25, 0.3) is 0 Å². The summed E-state index contributed by atoms with van der Waals surface area (Å²) in [6.45, 7) is 3.88. The normalized spacial score (nSPS) is 61.7. The van der Waals surface area contributed by atoms with Crippen molar-refractivity contribution in [2.45, 2.75) is 73.9 Å². The number of hydrogen-bond acceptors (Lipinski definition) is 9. The minimum absolute atomic E-state index is 0.0636. The summed E-state index contributed by atoms with van der Waals surface area (Å²) in [6, 6.07) is -0.0636. The average Bonchev–Trinajstić information content (AvgIpc) is 3.17. The van der Waals surface area contributed by atoms with Crippen molar-refractivity contribution in [2.75, 3.05) is 48.1 Å². The molecule has 1 heterocycles. The zero-order valence-corrected chi connectivity index (χ0v) is 20.9. The molecule has 0 aromatic rings. The Morgan fingerprint density at radius 1 is 0.912 bits per heavy atom. The minimum atomic E-state index is -1.43. The van der Waals surface area contributed by atoms with Crippen molar-refractivity contribution in [3.63, 3.8) is 0 Å². The lowest BCUT2D eigenvalue weighted by atomic mass is 9.42. The first-order valence-electron chi connectivity index (χ1n) is 12.8. The second-order valence-electron chi connectivity index (χ2n) is 12.0. The van der Waals surface area contributed by atoms with Crippen LogP contribution >= 0.6 is 0 Å². The second-order valence-corrected chi connectivity index (χ2v) is 12.0. The number of ether oxygens (including phenoxy) is 4. The van der Waals surface area contributed by atoms with Crippen LogP contribution in [0.3, 0.4) is 0 Å². The Hall–Kier alpha value is -0.360. The first-order chi connectivity index (χ1) is 16.2. The van der Waals surface area contributed by atoms with E-state index >= 15 is 0 Å². The molecule has 1 unspecified atom stereocenters. The molecule has 5 aliphatic carbocycles. The molecule has 1 spiro atoms. The van der Waals surface area contributed by atoms with E-state index in [1.54, 1.807) is 28.4 Å². The molecule has 1 aliphatic heterocycles. The smallest absolute Gasteiger partial charge is 0.117 e. The highest BCUT2D eigenvalue weighted by molar-refractivity contribution is 5.38. The fourth-order valence-electron chi connectivity index (χ4n) is 10.9. The van der Waals surface area contributed by atoms with E-state index in [0.29, 0.717) is 26.0 Å². The maximum absolute atomic E-state index is 12.6. The molecule has 14 atom stereocenters. The van der Waals surface area contributed by atoms with Crippen molar-refractivity contribution >= 4 is 0 Å². The van der Waals surface area contributed by atoms with Gasteiger partial charge in [-0.15, -0.1) is 0 Å². The molecule has 9 nitrogen and oxygen atoms in total. The van der Waals surface area contributed by atoms with Crippen molar-refractivity contribution in [3.8, 4) is 0 Å². The number of methoxy groups -OCH3 is 4. The largest absolute Gasteiger partial charge is 0.392 e. The van der Waals surface area contributed by atoms with Gasteiger partial charge >= 0.3 is 0 Å². The molecule has 0 radical (unpaired) electrons. The van der Waals surface area contributed by atoms with Gasteiger partial charge in [0.2, 0.25) is 0 Å². The summed E-state index contributed by atoms with van der Waals surface area (Å²) in [7, 11) is 6.61. The van der Waals surface area contributed by atoms with Crippen LogP contribution in [0.5, 0.6) is 0 Å². The second kappa shape index (κ2) is 7.36. The molecule has 7 bridgehead atoms. The van der Waals surface area contributed by atoms with Crippen LogP contribution in [0.15, 0.2) is 0 Å². The zero-order chi connectivity index (χ0) is 24.4. The summed E-state index contributed by atoms with van der Waals surface area (Å²) in [5, 5.41) is 47.6. The maximum Gasteiger partial charge on any atom is 0.117 e. The Bertz CT molecular complexity index is 846. The molecule has 0 aromatic carbocycles. The highest BCUT2D eigenvalue weighted by Crippen LogP contribution is 2.79. The highest BCUT2D eigenvalue weighted by Gasteiger charge is 2.89. The van der Waals surface area contributed by atoms with Gasteiger partial charge < -0.3 is 39.4 Å². The van der Waals surface area contributed by atoms with Gasteiger partial charge in [-0.25, -0.2) is 0 Å². The van der Waals surface area contributed by atoms with Crippen LogP contribution in [0.1, 0.15) is 26.2 Å². The summed E-state index contributed by atoms with van der Waals surface area (Å²) in [6.07, 6.45) is -2.06. The first kappa shape index (κ1) is 24.0. The number of fused-ring (bicyclic) bond motifs is 2. The number of hydrogen-bond donors (Lipinski definition) is 4. The van der Waals surface area contributed by atoms with E-state index < -0.39 is 46.3 Å². The predicted molar refractivity (Wildman–Crippen MR) is 120 cm³/mol. The Balaban J connectivity index is 1.66. The molecule has 6 rings (SSSR count). The Kier molecular flexibility index (Phi) is 5.19. The van der Waals surface area contributed by atoms with E-state index in [2.05, 4.69) is 11.8 Å². The summed E-state index contributed by atoms with van der Waals surface area (Å²) >= 11 is 0. The fraction of sp³-hybridized carbons (Fsp3) is 1.00. The molecule has 1 saturated heterocycles. The quantitative estimate of drug-likeness (QED) is 0.386. The molecule has 0 aromatic heterocycles. The van der Waals surface area contributed by atoms with Gasteiger partial charge in [-0.05, 0) is 18.9 Å². The Morgan fingerprint density at radius 3 is 2.21 bits per heavy atom. The number of piperidine rings is 1. The third kappa shape index (κ3) is 2.26. The van der Waals surface area contributed by atoms with Crippen molar-refractivity contribution in [1.29, 1.82) is 0 Å². The van der Waals surface area contributed by atoms with Gasteiger partial charge in [-0.1, -0.05) is 6.92 Å². The molecule has 6 fully saturated rings. The molecule has 4 N–H and O–H groups in total. The fourth-order valence-corrected chi connectivity index (χ4v) is 10.9. The number of aliphatic hydroxyl groups is 4. The number of rotatable bonds is 6. The van der Waals surface area contributed by atoms with E-state index in [1.807, 2.05) is 0 Å². The number of nitrogens with zero attached hydrogens (tertiary/aromatic N) is 1. The van der Waals surface area contributed by atoms with E-state index in [-0.39, 0.29) is 42.4 Å². The van der Waals surface area contributed by atoms with Crippen LogP contribution in [-0.4, -0.2) is 121 Å². The van der Waals surface area contributed by atoms with Crippen molar-refractivity contribution < 1.29 is 39.4 Å². The van der Waals surface area contributed by atoms with Crippen LogP contribution in [-0.2, 0) is 18.9 Å². The molecule has 5 saturated carbocycles. The van der Waals surface area contributed by atoms with E-state index in [0.717, 1.165) is 6.54 Å². The molecule has 0 amide bonds. The zero-order valence-electron chi connectivity index (χ0n) is 20.9. The monoisotopic (exact) mass is 483 g/mol. The Labute approximate surface area is 201 Å². The van der Waals surface area contributed by atoms with Gasteiger partial charge in [0.25, 0.3) is 0 Å². The molecule has 34 heavy (non-hydrogen) atoms. The lowest BCUT2D eigenvalue weighted by Crippen LogP contribution is -2.78. The standard InChI is InChI=1S/C25H41NO8/c1-6-26-10-22(11-31-2)13(27)7-14(32-3)25-12-8-23(29)15(33-4)9-24(30,16(12)21(23)28)17(20(25)26)18(34-5)19(22)25/h12-21,27-30H,6-11H2,1-5H3/t12-,13-,14+,15+,16-,17+,18+,19-,20?,21-,22+,23+,24-,25+/m1/s1. The lowest BCUT2D eigenvalue weighted by Gasteiger charge is -2.70. The van der Waals surface area contributed by atoms with E-state index in [9.17, 15) is 20.4 Å². The molecular formula is C25H41NO8. The number of aliphatic hydroxyl groups excluding tert-OH is 2. The summed E-state index contributed by atoms with van der Waals surface area (Å²) in [4.78, 5) is 2.39. The van der Waals surface area contributed by atoms with Gasteiger partial charge in [-0.3, -0.25) is 4.90 Å². The van der Waals surface area contributed by atoms with Gasteiger partial charge in [0.1, 0.15) is 5.60 Å². The summed E-state index contributed by atoms with van der Waals surface area (Å²) in [5.41, 5.74) is -3.83. The first-order valence-corrected chi connectivity index (χ1v) is 12.8. The SMILES string of the molecule is CCN1C[C@]2(COC)[C@H](O)C[C@H](OC)[C@]34C1[C@H]([C@H](OC)[C@H]23)[C@@]1(O)C[C@H](OC)[C@@]2(O)C[C@@H]4[C@@H]1[C@H]2O. The maximum atomic E-state index is 12.6. The third-order valence-corrected chi connectivity index (χ3v) is 11.6. The molecule has 6 aliphatic rings. The van der Waals surface area contributed by atoms with Crippen LogP contribution < -0.4 is 0 Å². The summed E-state index contributed by atoms with van der Waals surface area (Å²) in [5.74, 6) is -1.20. The van der Waals surface area contributed by atoms with Crippen LogP contribution in [0.2, 0.25) is 0 Å². The van der Waals surface area contributed by atoms with Gasteiger partial charge in [0, 0.05) is 82.5 Å². The lowest BCUT2D eigenvalue weighted by molar-refractivity contribution is -0.298. The molecule has 9 heteroatoms. The van der Waals surface area contributed by atoms with Crippen molar-refractivity contribution in [1.82, 2.24) is 4.90 Å². The molecule has 194 valence electrons. The minimum Gasteiger partial charge on any atom is -0.392 e. The van der Waals surface area contributed by atoms with Gasteiger partial charge in [0.15, 0.2) is 0 Å². The van der Waals surface area contributed by atoms with Crippen LogP contribution in [0.4, 0.5) is 0 Å². The average molecular weight is 484 g/mol. The van der Waals surface area contributed by atoms with Gasteiger partial charge in [-0.2, -0.15) is 0 Å². The van der Waals surface area contributed by atoms with Crippen LogP contribution in [0, 0.1) is 34.5 Å².